The molecule has 1 N–H and O–H groups in total. The molecule has 0 radical (unpaired) electrons. The van der Waals surface area contributed by atoms with Crippen LogP contribution in [0.15, 0.2) is 18.2 Å². The number of aryl methyl sites for hydroxylation is 1. The first kappa shape index (κ1) is 12.9. The summed E-state index contributed by atoms with van der Waals surface area (Å²) in [6.45, 7) is 2.81. The van der Waals surface area contributed by atoms with Crippen molar-refractivity contribution in [2.24, 2.45) is 5.92 Å². The van der Waals surface area contributed by atoms with Gasteiger partial charge in [-0.1, -0.05) is 23.7 Å². The van der Waals surface area contributed by atoms with Crippen LogP contribution in [0.3, 0.4) is 0 Å². The molecule has 19 heavy (non-hydrogen) atoms. The van der Waals surface area contributed by atoms with Gasteiger partial charge in [-0.25, -0.2) is 0 Å². The van der Waals surface area contributed by atoms with Gasteiger partial charge in [-0.3, -0.25) is 9.69 Å². The Kier molecular flexibility index (Phi) is 3.27. The molecule has 3 unspecified atom stereocenters. The van der Waals surface area contributed by atoms with Gasteiger partial charge in [-0.15, -0.1) is 0 Å². The van der Waals surface area contributed by atoms with Crippen molar-refractivity contribution in [1.82, 2.24) is 4.90 Å². The van der Waals surface area contributed by atoms with Gasteiger partial charge in [0, 0.05) is 23.7 Å². The van der Waals surface area contributed by atoms with Gasteiger partial charge in [0.15, 0.2) is 0 Å². The normalized spacial score (nSPS) is 29.9. The molecule has 0 aromatic heterocycles. The Morgan fingerprint density at radius 3 is 2.89 bits per heavy atom. The van der Waals surface area contributed by atoms with E-state index in [1.807, 2.05) is 19.1 Å². The number of rotatable bonds is 3. The minimum absolute atomic E-state index is 0.181. The molecule has 1 aromatic carbocycles. The Labute approximate surface area is 118 Å². The van der Waals surface area contributed by atoms with Crippen LogP contribution in [0.2, 0.25) is 5.02 Å². The highest BCUT2D eigenvalue weighted by Crippen LogP contribution is 2.42. The molecule has 3 atom stereocenters. The molecule has 2 heterocycles. The monoisotopic (exact) mass is 279 g/mol. The number of nitrogens with zero attached hydrogens (tertiary/aromatic N) is 1. The van der Waals surface area contributed by atoms with E-state index in [0.717, 1.165) is 36.4 Å². The Morgan fingerprint density at radius 2 is 2.26 bits per heavy atom. The average molecular weight is 280 g/mol. The van der Waals surface area contributed by atoms with Gasteiger partial charge < -0.3 is 5.11 Å². The lowest BCUT2D eigenvalue weighted by atomic mass is 9.89. The molecule has 2 aliphatic heterocycles. The van der Waals surface area contributed by atoms with Crippen molar-refractivity contribution in [3.05, 3.63) is 34.3 Å². The van der Waals surface area contributed by atoms with Gasteiger partial charge in [0.25, 0.3) is 0 Å². The number of carboxylic acids is 1. The molecule has 3 nitrogen and oxygen atoms in total. The maximum Gasteiger partial charge on any atom is 0.308 e. The molecular formula is C15H18ClNO2. The highest BCUT2D eigenvalue weighted by Gasteiger charge is 2.48. The molecule has 0 aliphatic carbocycles. The first-order chi connectivity index (χ1) is 9.06. The topological polar surface area (TPSA) is 40.5 Å². The zero-order chi connectivity index (χ0) is 13.6. The molecule has 2 aliphatic rings. The summed E-state index contributed by atoms with van der Waals surface area (Å²) in [5, 5.41) is 10.0. The number of aliphatic carboxylic acids is 1. The van der Waals surface area contributed by atoms with Crippen LogP contribution in [-0.2, 0) is 11.3 Å². The van der Waals surface area contributed by atoms with Crippen molar-refractivity contribution in [2.45, 2.75) is 44.8 Å². The molecule has 0 amide bonds. The largest absolute Gasteiger partial charge is 0.481 e. The van der Waals surface area contributed by atoms with Crippen LogP contribution in [0.25, 0.3) is 0 Å². The third kappa shape index (κ3) is 2.26. The summed E-state index contributed by atoms with van der Waals surface area (Å²) in [4.78, 5) is 13.6. The van der Waals surface area contributed by atoms with E-state index in [1.165, 1.54) is 5.56 Å². The Morgan fingerprint density at radius 1 is 1.47 bits per heavy atom. The summed E-state index contributed by atoms with van der Waals surface area (Å²) in [5.74, 6) is -0.821. The van der Waals surface area contributed by atoms with Gasteiger partial charge in [0.05, 0.1) is 5.92 Å². The Bertz CT molecular complexity index is 517. The van der Waals surface area contributed by atoms with E-state index in [4.69, 9.17) is 11.6 Å². The first-order valence-corrected chi connectivity index (χ1v) is 7.17. The van der Waals surface area contributed by atoms with E-state index in [9.17, 15) is 9.90 Å². The first-order valence-electron chi connectivity index (χ1n) is 6.80. The van der Waals surface area contributed by atoms with Crippen molar-refractivity contribution < 1.29 is 9.90 Å². The van der Waals surface area contributed by atoms with Gasteiger partial charge in [0.2, 0.25) is 0 Å². The molecule has 2 bridgehead atoms. The second kappa shape index (κ2) is 4.80. The van der Waals surface area contributed by atoms with Crippen molar-refractivity contribution >= 4 is 17.6 Å². The maximum atomic E-state index is 11.2. The van der Waals surface area contributed by atoms with Crippen molar-refractivity contribution in [1.29, 1.82) is 0 Å². The van der Waals surface area contributed by atoms with Crippen molar-refractivity contribution in [2.75, 3.05) is 0 Å². The van der Waals surface area contributed by atoms with Crippen LogP contribution in [0.4, 0.5) is 0 Å². The average Bonchev–Trinajstić information content (AvgIpc) is 2.91. The minimum atomic E-state index is -0.640. The lowest BCUT2D eigenvalue weighted by Gasteiger charge is -2.23. The molecule has 102 valence electrons. The predicted molar refractivity (Wildman–Crippen MR) is 74.3 cm³/mol. The fourth-order valence-electron chi connectivity index (χ4n) is 3.56. The third-order valence-electron chi connectivity index (χ3n) is 4.60. The summed E-state index contributed by atoms with van der Waals surface area (Å²) in [6, 6.07) is 6.78. The minimum Gasteiger partial charge on any atom is -0.481 e. The van der Waals surface area contributed by atoms with Gasteiger partial charge in [-0.05, 0) is 43.4 Å². The van der Waals surface area contributed by atoms with Crippen LogP contribution in [0, 0.1) is 12.8 Å². The number of halogens is 1. The molecular weight excluding hydrogens is 262 g/mol. The van der Waals surface area contributed by atoms with Crippen LogP contribution in [0.5, 0.6) is 0 Å². The molecule has 3 rings (SSSR count). The number of hydrogen-bond acceptors (Lipinski definition) is 2. The summed E-state index contributed by atoms with van der Waals surface area (Å²) < 4.78 is 0. The zero-order valence-electron chi connectivity index (χ0n) is 11.0. The predicted octanol–water partition coefficient (Wildman–Crippen LogP) is 3.09. The summed E-state index contributed by atoms with van der Waals surface area (Å²) >= 11 is 6.15. The van der Waals surface area contributed by atoms with E-state index in [0.29, 0.717) is 6.04 Å². The summed E-state index contributed by atoms with van der Waals surface area (Å²) in [5.41, 5.74) is 2.26. The molecule has 1 aromatic rings. The van der Waals surface area contributed by atoms with Crippen molar-refractivity contribution in [3.63, 3.8) is 0 Å². The second-order valence-corrected chi connectivity index (χ2v) is 6.14. The van der Waals surface area contributed by atoms with Gasteiger partial charge in [0.1, 0.15) is 0 Å². The van der Waals surface area contributed by atoms with Crippen LogP contribution in [-0.4, -0.2) is 28.1 Å². The third-order valence-corrected chi connectivity index (χ3v) is 5.01. The van der Waals surface area contributed by atoms with Crippen LogP contribution < -0.4 is 0 Å². The smallest absolute Gasteiger partial charge is 0.308 e. The van der Waals surface area contributed by atoms with Crippen LogP contribution in [0.1, 0.15) is 30.4 Å². The van der Waals surface area contributed by atoms with E-state index in [-0.39, 0.29) is 12.0 Å². The molecule has 2 saturated heterocycles. The summed E-state index contributed by atoms with van der Waals surface area (Å²) in [7, 11) is 0. The van der Waals surface area contributed by atoms with E-state index >= 15 is 0 Å². The lowest BCUT2D eigenvalue weighted by molar-refractivity contribution is -0.142. The number of hydrogen-bond donors (Lipinski definition) is 1. The highest BCUT2D eigenvalue weighted by atomic mass is 35.5. The van der Waals surface area contributed by atoms with Gasteiger partial charge >= 0.3 is 5.97 Å². The number of fused-ring (bicyclic) bond motifs is 2. The van der Waals surface area contributed by atoms with Gasteiger partial charge in [-0.2, -0.15) is 0 Å². The SMILES string of the molecule is Cc1ccc(CN2C3CCC2C(C(=O)O)C3)cc1Cl. The molecule has 0 saturated carbocycles. The lowest BCUT2D eigenvalue weighted by Crippen LogP contribution is -2.32. The number of benzene rings is 1. The zero-order valence-corrected chi connectivity index (χ0v) is 11.7. The molecule has 2 fully saturated rings. The van der Waals surface area contributed by atoms with Crippen LogP contribution >= 0.6 is 11.6 Å². The van der Waals surface area contributed by atoms with E-state index in [1.54, 1.807) is 0 Å². The molecule has 0 spiro atoms. The standard InChI is InChI=1S/C15H18ClNO2/c1-9-2-3-10(6-13(9)16)8-17-11-4-5-14(17)12(7-11)15(18)19/h2-3,6,11-12,14H,4-5,7-8H2,1H3,(H,18,19). The second-order valence-electron chi connectivity index (χ2n) is 5.73. The Hall–Kier alpha value is -1.06. The van der Waals surface area contributed by atoms with Crippen molar-refractivity contribution in [3.8, 4) is 0 Å². The van der Waals surface area contributed by atoms with E-state index < -0.39 is 5.97 Å². The number of carboxylic acid groups (broad SMARTS) is 1. The summed E-state index contributed by atoms with van der Waals surface area (Å²) in [6.07, 6.45) is 2.95. The fourth-order valence-corrected chi connectivity index (χ4v) is 3.76. The quantitative estimate of drug-likeness (QED) is 0.924. The Balaban J connectivity index is 1.77. The molecule has 4 heteroatoms. The fraction of sp³-hybridized carbons (Fsp3) is 0.533. The number of carbonyl (C=O) groups is 1. The van der Waals surface area contributed by atoms with E-state index in [2.05, 4.69) is 11.0 Å². The maximum absolute atomic E-state index is 11.2. The highest BCUT2D eigenvalue weighted by molar-refractivity contribution is 6.31.